The molecule has 0 radical (unpaired) electrons. The van der Waals surface area contributed by atoms with Gasteiger partial charge < -0.3 is 11.1 Å². The van der Waals surface area contributed by atoms with Crippen LogP contribution in [0.2, 0.25) is 0 Å². The van der Waals surface area contributed by atoms with Gasteiger partial charge in [-0.1, -0.05) is 18.2 Å². The monoisotopic (exact) mass is 413 g/mol. The average molecular weight is 413 g/mol. The average Bonchev–Trinajstić information content (AvgIpc) is 2.86. The molecule has 3 N–H and O–H groups in total. The standard InChI is InChI=1S/C16H23N5.HI/c1-16(2,3)20-15(17)18-10-9-13-11-19-21(12-13)14-7-5-4-6-8-14;/h4-8,11-12H,9-10H2,1-3H3,(H3,17,18,20);1H. The van der Waals surface area contributed by atoms with Gasteiger partial charge >= 0.3 is 0 Å². The molecule has 5 nitrogen and oxygen atoms in total. The van der Waals surface area contributed by atoms with Gasteiger partial charge in [-0.2, -0.15) is 5.10 Å². The molecule has 22 heavy (non-hydrogen) atoms. The molecule has 6 heteroatoms. The molecule has 0 unspecified atom stereocenters. The number of hydrogen-bond acceptors (Lipinski definition) is 2. The Morgan fingerprint density at radius 1 is 1.27 bits per heavy atom. The zero-order chi connectivity index (χ0) is 15.3. The number of para-hydroxylation sites is 1. The first kappa shape index (κ1) is 18.5. The molecule has 0 aliphatic rings. The molecule has 2 rings (SSSR count). The van der Waals surface area contributed by atoms with Crippen molar-refractivity contribution in [3.05, 3.63) is 48.3 Å². The van der Waals surface area contributed by atoms with Crippen LogP contribution < -0.4 is 11.1 Å². The predicted octanol–water partition coefficient (Wildman–Crippen LogP) is 2.74. The molecule has 0 aliphatic carbocycles. The van der Waals surface area contributed by atoms with E-state index in [0.717, 1.165) is 17.7 Å². The minimum absolute atomic E-state index is 0. The summed E-state index contributed by atoms with van der Waals surface area (Å²) in [6.07, 6.45) is 4.72. The molecule has 0 fully saturated rings. The van der Waals surface area contributed by atoms with Crippen LogP contribution in [0.25, 0.3) is 5.69 Å². The molecule has 120 valence electrons. The van der Waals surface area contributed by atoms with Gasteiger partial charge in [0.15, 0.2) is 5.96 Å². The van der Waals surface area contributed by atoms with Gasteiger partial charge in [-0.15, -0.1) is 24.0 Å². The summed E-state index contributed by atoms with van der Waals surface area (Å²) in [5.41, 5.74) is 7.98. The molecule has 0 spiro atoms. The lowest BCUT2D eigenvalue weighted by Crippen LogP contribution is -2.45. The maximum Gasteiger partial charge on any atom is 0.188 e. The van der Waals surface area contributed by atoms with Gasteiger partial charge in [-0.25, -0.2) is 4.68 Å². The maximum atomic E-state index is 5.84. The Balaban J connectivity index is 0.00000242. The fourth-order valence-electron chi connectivity index (χ4n) is 1.94. The Morgan fingerprint density at radius 2 is 1.95 bits per heavy atom. The summed E-state index contributed by atoms with van der Waals surface area (Å²) < 4.78 is 1.87. The highest BCUT2D eigenvalue weighted by molar-refractivity contribution is 14.0. The van der Waals surface area contributed by atoms with Crippen molar-refractivity contribution in [3.8, 4) is 5.69 Å². The highest BCUT2D eigenvalue weighted by atomic mass is 127. The number of rotatable bonds is 4. The van der Waals surface area contributed by atoms with E-state index >= 15 is 0 Å². The molecule has 0 aliphatic heterocycles. The van der Waals surface area contributed by atoms with Crippen LogP contribution in [0.1, 0.15) is 26.3 Å². The molecule has 0 amide bonds. The third kappa shape index (κ3) is 6.05. The molecule has 2 aromatic rings. The number of nitrogens with two attached hydrogens (primary N) is 1. The number of aromatic nitrogens is 2. The van der Waals surface area contributed by atoms with Gasteiger partial charge in [0.2, 0.25) is 0 Å². The summed E-state index contributed by atoms with van der Waals surface area (Å²) in [4.78, 5) is 4.33. The highest BCUT2D eigenvalue weighted by Crippen LogP contribution is 2.08. The normalized spacial score (nSPS) is 11.9. The quantitative estimate of drug-likeness (QED) is 0.460. The maximum absolute atomic E-state index is 5.84. The fraction of sp³-hybridized carbons (Fsp3) is 0.375. The lowest BCUT2D eigenvalue weighted by Gasteiger charge is -2.20. The van der Waals surface area contributed by atoms with Gasteiger partial charge in [-0.3, -0.25) is 4.99 Å². The molecule has 1 heterocycles. The van der Waals surface area contributed by atoms with Crippen LogP contribution in [-0.2, 0) is 6.42 Å². The minimum Gasteiger partial charge on any atom is -0.370 e. The molecular formula is C16H24IN5. The first-order valence-electron chi connectivity index (χ1n) is 7.11. The van der Waals surface area contributed by atoms with E-state index in [-0.39, 0.29) is 29.5 Å². The lowest BCUT2D eigenvalue weighted by molar-refractivity contribution is 0.508. The van der Waals surface area contributed by atoms with Crippen LogP contribution in [0.4, 0.5) is 0 Å². The zero-order valence-electron chi connectivity index (χ0n) is 13.3. The zero-order valence-corrected chi connectivity index (χ0v) is 15.6. The molecule has 0 saturated carbocycles. The van der Waals surface area contributed by atoms with Gasteiger partial charge in [0.25, 0.3) is 0 Å². The summed E-state index contributed by atoms with van der Waals surface area (Å²) >= 11 is 0. The minimum atomic E-state index is -0.0637. The van der Waals surface area contributed by atoms with Crippen molar-refractivity contribution < 1.29 is 0 Å². The molecule has 0 bridgehead atoms. The van der Waals surface area contributed by atoms with Crippen LogP contribution in [0, 0.1) is 0 Å². The van der Waals surface area contributed by atoms with Gasteiger partial charge in [0.1, 0.15) is 0 Å². The predicted molar refractivity (Wildman–Crippen MR) is 102 cm³/mol. The van der Waals surface area contributed by atoms with Crippen LogP contribution >= 0.6 is 24.0 Å². The van der Waals surface area contributed by atoms with Crippen molar-refractivity contribution in [1.29, 1.82) is 0 Å². The van der Waals surface area contributed by atoms with E-state index in [0.29, 0.717) is 12.5 Å². The third-order valence-electron chi connectivity index (χ3n) is 2.84. The number of benzene rings is 1. The van der Waals surface area contributed by atoms with Crippen molar-refractivity contribution in [2.45, 2.75) is 32.7 Å². The fourth-order valence-corrected chi connectivity index (χ4v) is 1.94. The van der Waals surface area contributed by atoms with Gasteiger partial charge in [0.05, 0.1) is 11.9 Å². The largest absolute Gasteiger partial charge is 0.370 e. The second kappa shape index (κ2) is 8.17. The van der Waals surface area contributed by atoms with Crippen LogP contribution in [0.5, 0.6) is 0 Å². The molecular weight excluding hydrogens is 389 g/mol. The number of halogens is 1. The first-order valence-corrected chi connectivity index (χ1v) is 7.11. The SMILES string of the molecule is CC(C)(C)NC(N)=NCCc1cnn(-c2ccccc2)c1.I. The summed E-state index contributed by atoms with van der Waals surface area (Å²) in [6.45, 7) is 6.81. The Bertz CT molecular complexity index is 598. The highest BCUT2D eigenvalue weighted by Gasteiger charge is 2.09. The van der Waals surface area contributed by atoms with Crippen LogP contribution in [0.15, 0.2) is 47.7 Å². The van der Waals surface area contributed by atoms with Crippen LogP contribution in [0.3, 0.4) is 0 Å². The second-order valence-corrected chi connectivity index (χ2v) is 6.02. The number of nitrogens with zero attached hydrogens (tertiary/aromatic N) is 3. The number of nitrogens with one attached hydrogen (secondary N) is 1. The number of guanidine groups is 1. The lowest BCUT2D eigenvalue weighted by atomic mass is 10.1. The van der Waals surface area contributed by atoms with Crippen molar-refractivity contribution >= 4 is 29.9 Å². The summed E-state index contributed by atoms with van der Waals surface area (Å²) in [6, 6.07) is 10.0. The Kier molecular flexibility index (Phi) is 6.86. The van der Waals surface area contributed by atoms with E-state index in [2.05, 4.69) is 36.2 Å². The summed E-state index contributed by atoms with van der Waals surface area (Å²) in [5, 5.41) is 7.51. The van der Waals surface area contributed by atoms with E-state index in [1.165, 1.54) is 0 Å². The van der Waals surface area contributed by atoms with Crippen molar-refractivity contribution in [2.24, 2.45) is 10.7 Å². The Morgan fingerprint density at radius 3 is 2.59 bits per heavy atom. The molecule has 1 aromatic carbocycles. The van der Waals surface area contributed by atoms with E-state index < -0.39 is 0 Å². The summed E-state index contributed by atoms with van der Waals surface area (Å²) in [7, 11) is 0. The number of aliphatic imine (C=N–C) groups is 1. The van der Waals surface area contributed by atoms with E-state index in [4.69, 9.17) is 5.73 Å². The van der Waals surface area contributed by atoms with Crippen molar-refractivity contribution in [3.63, 3.8) is 0 Å². The van der Waals surface area contributed by atoms with E-state index in [1.54, 1.807) is 0 Å². The Labute approximate surface area is 149 Å². The summed E-state index contributed by atoms with van der Waals surface area (Å²) in [5.74, 6) is 0.484. The van der Waals surface area contributed by atoms with E-state index in [9.17, 15) is 0 Å². The topological polar surface area (TPSA) is 68.2 Å². The number of hydrogen-bond donors (Lipinski definition) is 2. The smallest absolute Gasteiger partial charge is 0.188 e. The second-order valence-electron chi connectivity index (χ2n) is 6.02. The molecule has 0 saturated heterocycles. The first-order chi connectivity index (χ1) is 9.94. The van der Waals surface area contributed by atoms with Crippen molar-refractivity contribution in [1.82, 2.24) is 15.1 Å². The van der Waals surface area contributed by atoms with E-state index in [1.807, 2.05) is 47.4 Å². The molecule has 0 atom stereocenters. The van der Waals surface area contributed by atoms with Crippen molar-refractivity contribution in [2.75, 3.05) is 6.54 Å². The van der Waals surface area contributed by atoms with Gasteiger partial charge in [0, 0.05) is 18.3 Å². The third-order valence-corrected chi connectivity index (χ3v) is 2.84. The van der Waals surface area contributed by atoms with Crippen LogP contribution in [-0.4, -0.2) is 27.8 Å². The Hall–Kier alpha value is -1.57. The molecule has 1 aromatic heterocycles. The van der Waals surface area contributed by atoms with Gasteiger partial charge in [-0.05, 0) is 44.9 Å².